The molecule has 2 rings (SSSR count). The number of hydrogen-bond acceptors (Lipinski definition) is 4. The molecule has 8 heteroatoms. The highest BCUT2D eigenvalue weighted by Gasteiger charge is 2.30. The topological polar surface area (TPSA) is 92.4 Å². The zero-order chi connectivity index (χ0) is 14.9. The summed E-state index contributed by atoms with van der Waals surface area (Å²) in [7, 11) is -4.06. The fourth-order valence-electron chi connectivity index (χ4n) is 2.29. The number of aliphatic hydroxyl groups is 1. The molecule has 0 spiro atoms. The predicted molar refractivity (Wildman–Crippen MR) is 77.1 cm³/mol. The summed E-state index contributed by atoms with van der Waals surface area (Å²) >= 11 is 2.93. The van der Waals surface area contributed by atoms with Crippen LogP contribution in [0.15, 0.2) is 21.5 Å². The molecule has 4 N–H and O–H groups in total. The minimum atomic E-state index is -4.06. The average Bonchev–Trinajstić information content (AvgIpc) is 2.36. The van der Waals surface area contributed by atoms with Crippen molar-refractivity contribution in [3.63, 3.8) is 0 Å². The number of benzene rings is 1. The number of nitrogen functional groups attached to an aromatic ring is 1. The van der Waals surface area contributed by atoms with E-state index in [0.29, 0.717) is 12.8 Å². The maximum Gasteiger partial charge on any atom is 0.243 e. The van der Waals surface area contributed by atoms with Crippen LogP contribution in [-0.2, 0) is 10.0 Å². The second-order valence-corrected chi connectivity index (χ2v) is 7.43. The lowest BCUT2D eigenvalue weighted by Crippen LogP contribution is -2.45. The monoisotopic (exact) mass is 366 g/mol. The van der Waals surface area contributed by atoms with E-state index in [-0.39, 0.29) is 10.2 Å². The van der Waals surface area contributed by atoms with Gasteiger partial charge in [0.1, 0.15) is 4.90 Å². The van der Waals surface area contributed by atoms with E-state index in [4.69, 9.17) is 5.73 Å². The molecule has 0 heterocycles. The fraction of sp³-hybridized carbons (Fsp3) is 0.500. The van der Waals surface area contributed by atoms with Gasteiger partial charge in [-0.05, 0) is 40.9 Å². The highest BCUT2D eigenvalue weighted by atomic mass is 79.9. The van der Waals surface area contributed by atoms with E-state index in [1.54, 1.807) is 0 Å². The van der Waals surface area contributed by atoms with Crippen molar-refractivity contribution in [3.8, 4) is 0 Å². The molecule has 1 aromatic carbocycles. The third-order valence-electron chi connectivity index (χ3n) is 3.34. The van der Waals surface area contributed by atoms with E-state index in [0.717, 1.165) is 18.9 Å². The molecule has 5 nitrogen and oxygen atoms in total. The summed E-state index contributed by atoms with van der Waals surface area (Å²) in [6.45, 7) is 0. The quantitative estimate of drug-likeness (QED) is 0.710. The number of nitrogens with one attached hydrogen (secondary N) is 1. The number of halogens is 2. The van der Waals surface area contributed by atoms with Gasteiger partial charge >= 0.3 is 0 Å². The van der Waals surface area contributed by atoms with Crippen molar-refractivity contribution >= 4 is 31.6 Å². The average molecular weight is 367 g/mol. The van der Waals surface area contributed by atoms with Crippen LogP contribution in [0.1, 0.15) is 25.7 Å². The smallest absolute Gasteiger partial charge is 0.243 e. The largest absolute Gasteiger partial charge is 0.399 e. The predicted octanol–water partition coefficient (Wildman–Crippen LogP) is 1.75. The minimum absolute atomic E-state index is 0.0120. The Kier molecular flexibility index (Phi) is 4.68. The second-order valence-electron chi connectivity index (χ2n) is 4.89. The Bertz CT molecular complexity index is 609. The van der Waals surface area contributed by atoms with Gasteiger partial charge in [-0.1, -0.05) is 12.8 Å². The molecule has 1 aliphatic carbocycles. The van der Waals surface area contributed by atoms with Crippen molar-refractivity contribution in [2.24, 2.45) is 0 Å². The Balaban J connectivity index is 2.31. The summed E-state index contributed by atoms with van der Waals surface area (Å²) in [4.78, 5) is -0.512. The third kappa shape index (κ3) is 3.30. The molecule has 20 heavy (non-hydrogen) atoms. The van der Waals surface area contributed by atoms with Gasteiger partial charge in [0.05, 0.1) is 10.6 Å². The second kappa shape index (κ2) is 5.97. The van der Waals surface area contributed by atoms with E-state index in [2.05, 4.69) is 20.7 Å². The van der Waals surface area contributed by atoms with Crippen LogP contribution < -0.4 is 10.5 Å². The van der Waals surface area contributed by atoms with E-state index in [9.17, 15) is 17.9 Å². The number of rotatable bonds is 3. The van der Waals surface area contributed by atoms with Crippen molar-refractivity contribution in [2.45, 2.75) is 42.7 Å². The van der Waals surface area contributed by atoms with Gasteiger partial charge in [0.25, 0.3) is 0 Å². The molecular formula is C12H16BrFN2O3S. The van der Waals surface area contributed by atoms with Crippen LogP contribution in [-0.4, -0.2) is 25.7 Å². The number of hydrogen-bond donors (Lipinski definition) is 3. The lowest BCUT2D eigenvalue weighted by Gasteiger charge is -2.28. The zero-order valence-electron chi connectivity index (χ0n) is 10.6. The molecule has 1 aromatic rings. The normalized spacial score (nSPS) is 23.8. The summed E-state index contributed by atoms with van der Waals surface area (Å²) in [5.41, 5.74) is 5.69. The molecule has 1 fully saturated rings. The number of sulfonamides is 1. The minimum Gasteiger partial charge on any atom is -0.399 e. The van der Waals surface area contributed by atoms with Crippen molar-refractivity contribution in [1.82, 2.24) is 4.72 Å². The van der Waals surface area contributed by atoms with E-state index < -0.39 is 32.9 Å². The Labute approximate surface area is 125 Å². The SMILES string of the molecule is Nc1cc(Br)c(F)c(S(=O)(=O)N[C@H]2CCCC[C@@H]2O)c1. The van der Waals surface area contributed by atoms with Gasteiger partial charge < -0.3 is 10.8 Å². The maximum atomic E-state index is 13.9. The Morgan fingerprint density at radius 3 is 2.65 bits per heavy atom. The van der Waals surface area contributed by atoms with Crippen LogP contribution in [0.2, 0.25) is 0 Å². The highest BCUT2D eigenvalue weighted by molar-refractivity contribution is 9.10. The zero-order valence-corrected chi connectivity index (χ0v) is 13.0. The molecule has 0 aliphatic heterocycles. The van der Waals surface area contributed by atoms with Crippen LogP contribution >= 0.6 is 15.9 Å². The Hall–Kier alpha value is -0.700. The van der Waals surface area contributed by atoms with Gasteiger partial charge in [-0.15, -0.1) is 0 Å². The molecular weight excluding hydrogens is 351 g/mol. The van der Waals surface area contributed by atoms with Crippen molar-refractivity contribution < 1.29 is 17.9 Å². The molecule has 0 bridgehead atoms. The number of nitrogens with two attached hydrogens (primary N) is 1. The van der Waals surface area contributed by atoms with Crippen LogP contribution in [0.4, 0.5) is 10.1 Å². The van der Waals surface area contributed by atoms with Gasteiger partial charge in [0, 0.05) is 11.7 Å². The van der Waals surface area contributed by atoms with E-state index in [1.165, 1.54) is 6.07 Å². The molecule has 0 unspecified atom stereocenters. The number of aliphatic hydroxyl groups excluding tert-OH is 1. The van der Waals surface area contributed by atoms with Gasteiger partial charge in [-0.25, -0.2) is 17.5 Å². The molecule has 0 radical (unpaired) electrons. The van der Waals surface area contributed by atoms with Crippen LogP contribution in [0.3, 0.4) is 0 Å². The van der Waals surface area contributed by atoms with Gasteiger partial charge in [0.15, 0.2) is 5.82 Å². The lowest BCUT2D eigenvalue weighted by molar-refractivity contribution is 0.101. The third-order valence-corrected chi connectivity index (χ3v) is 5.41. The van der Waals surface area contributed by atoms with Crippen LogP contribution in [0.25, 0.3) is 0 Å². The lowest BCUT2D eigenvalue weighted by atomic mass is 9.93. The molecule has 0 aromatic heterocycles. The first kappa shape index (κ1) is 15.7. The Morgan fingerprint density at radius 1 is 1.35 bits per heavy atom. The molecule has 0 amide bonds. The first-order valence-corrected chi connectivity index (χ1v) is 8.54. The summed E-state index contributed by atoms with van der Waals surface area (Å²) < 4.78 is 40.8. The first-order valence-electron chi connectivity index (χ1n) is 6.26. The molecule has 0 saturated heterocycles. The molecule has 112 valence electrons. The molecule has 1 aliphatic rings. The first-order chi connectivity index (χ1) is 9.31. The molecule has 2 atom stereocenters. The van der Waals surface area contributed by atoms with Crippen molar-refractivity contribution in [1.29, 1.82) is 0 Å². The molecule has 1 saturated carbocycles. The summed E-state index contributed by atoms with van der Waals surface area (Å²) in [5, 5.41) is 9.80. The van der Waals surface area contributed by atoms with Crippen LogP contribution in [0.5, 0.6) is 0 Å². The fourth-order valence-corrected chi connectivity index (χ4v) is 4.34. The van der Waals surface area contributed by atoms with Crippen LogP contribution in [0, 0.1) is 5.82 Å². The highest BCUT2D eigenvalue weighted by Crippen LogP contribution is 2.27. The summed E-state index contributed by atoms with van der Waals surface area (Å²) in [5.74, 6) is -0.892. The standard InChI is InChI=1S/C12H16BrFN2O3S/c13-8-5-7(15)6-11(12(8)14)20(18,19)16-9-3-1-2-4-10(9)17/h5-6,9-10,16-17H,1-4,15H2/t9-,10-/m0/s1. The number of anilines is 1. The Morgan fingerprint density at radius 2 is 2.00 bits per heavy atom. The summed E-state index contributed by atoms with van der Waals surface area (Å²) in [6, 6.07) is 1.77. The van der Waals surface area contributed by atoms with E-state index in [1.807, 2.05) is 0 Å². The summed E-state index contributed by atoms with van der Waals surface area (Å²) in [6.07, 6.45) is 2.01. The van der Waals surface area contributed by atoms with Gasteiger partial charge in [-0.2, -0.15) is 0 Å². The van der Waals surface area contributed by atoms with E-state index >= 15 is 0 Å². The van der Waals surface area contributed by atoms with Gasteiger partial charge in [-0.3, -0.25) is 0 Å². The van der Waals surface area contributed by atoms with Gasteiger partial charge in [0.2, 0.25) is 10.0 Å². The maximum absolute atomic E-state index is 13.9. The van der Waals surface area contributed by atoms with Crippen molar-refractivity contribution in [2.75, 3.05) is 5.73 Å². The van der Waals surface area contributed by atoms with Crippen molar-refractivity contribution in [3.05, 3.63) is 22.4 Å².